The number of nitrogens with one attached hydrogen (secondary N) is 2. The summed E-state index contributed by atoms with van der Waals surface area (Å²) in [4.78, 5) is 41.4. The van der Waals surface area contributed by atoms with Gasteiger partial charge in [-0.2, -0.15) is 0 Å². The molecule has 152 valence electrons. The highest BCUT2D eigenvalue weighted by Crippen LogP contribution is 2.60. The van der Waals surface area contributed by atoms with Crippen LogP contribution >= 0.6 is 0 Å². The molecule has 0 aromatic heterocycles. The molecule has 0 unspecified atom stereocenters. The highest BCUT2D eigenvalue weighted by Gasteiger charge is 2.77. The zero-order chi connectivity index (χ0) is 19.7. The van der Waals surface area contributed by atoms with E-state index in [4.69, 9.17) is 4.74 Å². The molecule has 7 heteroatoms. The molecule has 0 aromatic carbocycles. The molecule has 2 saturated heterocycles. The van der Waals surface area contributed by atoms with Gasteiger partial charge in [-0.15, -0.1) is 0 Å². The number of likely N-dealkylation sites (tertiary alicyclic amines) is 1. The van der Waals surface area contributed by atoms with Crippen LogP contribution in [0.25, 0.3) is 0 Å². The molecule has 7 nitrogen and oxygen atoms in total. The van der Waals surface area contributed by atoms with Gasteiger partial charge < -0.3 is 20.3 Å². The first-order valence-electron chi connectivity index (χ1n) is 10.7. The van der Waals surface area contributed by atoms with Gasteiger partial charge in [0.1, 0.15) is 11.6 Å². The van der Waals surface area contributed by atoms with Gasteiger partial charge in [0.15, 0.2) is 0 Å². The van der Waals surface area contributed by atoms with Crippen LogP contribution in [-0.2, 0) is 19.1 Å². The van der Waals surface area contributed by atoms with Gasteiger partial charge in [0, 0.05) is 19.1 Å². The standard InChI is InChI=1S/C21H29N3O4/c1-20-10-11-21(28-20)15(14(20)17(25)22-2)19(27)24(13-8-9-13)16(21)18(26)23-12-6-4-3-5-7-12/h10-16H,3-9H2,1-2H3,(H,22,25)(H,23,26)/t14-,15-,16-,20+,21+/m0/s1. The predicted octanol–water partition coefficient (Wildman–Crippen LogP) is 0.884. The summed E-state index contributed by atoms with van der Waals surface area (Å²) in [5, 5.41) is 5.90. The maximum atomic E-state index is 13.5. The SMILES string of the molecule is CNC(=O)[C@@H]1[C@H]2C(=O)N(C3CC3)[C@@H](C(=O)NC3CCCCC3)[C@@]23C=C[C@@]1(C)O3. The lowest BCUT2D eigenvalue weighted by Crippen LogP contribution is -2.57. The second-order valence-electron chi connectivity index (χ2n) is 9.27. The van der Waals surface area contributed by atoms with Gasteiger partial charge in [0.05, 0.1) is 17.4 Å². The first-order valence-corrected chi connectivity index (χ1v) is 10.7. The van der Waals surface area contributed by atoms with Gasteiger partial charge in [-0.05, 0) is 32.6 Å². The zero-order valence-corrected chi connectivity index (χ0v) is 16.6. The molecule has 2 aliphatic carbocycles. The first kappa shape index (κ1) is 18.2. The van der Waals surface area contributed by atoms with Gasteiger partial charge in [-0.25, -0.2) is 0 Å². The maximum Gasteiger partial charge on any atom is 0.246 e. The summed E-state index contributed by atoms with van der Waals surface area (Å²) in [5.74, 6) is -1.67. The second-order valence-corrected chi connectivity index (χ2v) is 9.27. The summed E-state index contributed by atoms with van der Waals surface area (Å²) in [5.41, 5.74) is -1.89. The average Bonchev–Trinajstić information content (AvgIpc) is 3.35. The normalized spacial score (nSPS) is 42.0. The summed E-state index contributed by atoms with van der Waals surface area (Å²) in [6.07, 6.45) is 11.0. The molecule has 0 aromatic rings. The van der Waals surface area contributed by atoms with Gasteiger partial charge in [-0.1, -0.05) is 31.4 Å². The van der Waals surface area contributed by atoms with E-state index in [9.17, 15) is 14.4 Å². The van der Waals surface area contributed by atoms with Gasteiger partial charge in [0.2, 0.25) is 17.7 Å². The van der Waals surface area contributed by atoms with Crippen LogP contribution < -0.4 is 10.6 Å². The van der Waals surface area contributed by atoms with Crippen molar-refractivity contribution in [1.82, 2.24) is 15.5 Å². The van der Waals surface area contributed by atoms with Crippen molar-refractivity contribution in [3.05, 3.63) is 12.2 Å². The molecule has 3 heterocycles. The molecule has 28 heavy (non-hydrogen) atoms. The lowest BCUT2D eigenvalue weighted by molar-refractivity contribution is -0.145. The van der Waals surface area contributed by atoms with Gasteiger partial charge in [0.25, 0.3) is 0 Å². The fourth-order valence-electron chi connectivity index (χ4n) is 6.00. The van der Waals surface area contributed by atoms with E-state index >= 15 is 0 Å². The topological polar surface area (TPSA) is 87.7 Å². The Balaban J connectivity index is 1.51. The Bertz CT molecular complexity index is 757. The third-order valence-corrected chi connectivity index (χ3v) is 7.40. The van der Waals surface area contributed by atoms with E-state index in [1.165, 1.54) is 6.42 Å². The van der Waals surface area contributed by atoms with Crippen LogP contribution in [0.4, 0.5) is 0 Å². The van der Waals surface area contributed by atoms with E-state index in [-0.39, 0.29) is 29.8 Å². The van der Waals surface area contributed by atoms with Crippen molar-refractivity contribution in [2.24, 2.45) is 11.8 Å². The summed E-state index contributed by atoms with van der Waals surface area (Å²) < 4.78 is 6.41. The zero-order valence-electron chi connectivity index (χ0n) is 16.6. The molecule has 4 fully saturated rings. The number of ether oxygens (including phenoxy) is 1. The highest BCUT2D eigenvalue weighted by molar-refractivity contribution is 6.00. The highest BCUT2D eigenvalue weighted by atomic mass is 16.5. The quantitative estimate of drug-likeness (QED) is 0.701. The largest absolute Gasteiger partial charge is 0.359 e. The second kappa shape index (κ2) is 6.05. The number of carbonyl (C=O) groups excluding carboxylic acids is 3. The molecule has 5 atom stereocenters. The Kier molecular flexibility index (Phi) is 3.92. The van der Waals surface area contributed by atoms with E-state index in [1.54, 1.807) is 11.9 Å². The predicted molar refractivity (Wildman–Crippen MR) is 101 cm³/mol. The third kappa shape index (κ3) is 2.34. The Labute approximate surface area is 165 Å². The third-order valence-electron chi connectivity index (χ3n) is 7.40. The summed E-state index contributed by atoms with van der Waals surface area (Å²) in [7, 11) is 1.58. The molecule has 3 amide bonds. The summed E-state index contributed by atoms with van der Waals surface area (Å²) in [6.45, 7) is 1.85. The van der Waals surface area contributed by atoms with Crippen LogP contribution in [0.1, 0.15) is 51.9 Å². The van der Waals surface area contributed by atoms with Crippen LogP contribution in [0.15, 0.2) is 12.2 Å². The Morgan fingerprint density at radius 2 is 1.82 bits per heavy atom. The molecule has 0 radical (unpaired) electrons. The minimum atomic E-state index is -1.04. The smallest absolute Gasteiger partial charge is 0.246 e. The number of hydrogen-bond donors (Lipinski definition) is 2. The fourth-order valence-corrected chi connectivity index (χ4v) is 6.00. The molecule has 2 saturated carbocycles. The molecule has 5 rings (SSSR count). The summed E-state index contributed by atoms with van der Waals surface area (Å²) >= 11 is 0. The Morgan fingerprint density at radius 3 is 2.46 bits per heavy atom. The van der Waals surface area contributed by atoms with Gasteiger partial charge >= 0.3 is 0 Å². The maximum absolute atomic E-state index is 13.5. The monoisotopic (exact) mass is 387 g/mol. The average molecular weight is 387 g/mol. The minimum absolute atomic E-state index is 0.0868. The molecular formula is C21H29N3O4. The van der Waals surface area contributed by atoms with Crippen LogP contribution in [0.2, 0.25) is 0 Å². The van der Waals surface area contributed by atoms with Crippen LogP contribution in [0, 0.1) is 11.8 Å². The molecule has 2 N–H and O–H groups in total. The molecule has 3 aliphatic heterocycles. The minimum Gasteiger partial charge on any atom is -0.359 e. The van der Waals surface area contributed by atoms with Crippen molar-refractivity contribution in [1.29, 1.82) is 0 Å². The number of amides is 3. The lowest BCUT2D eigenvalue weighted by Gasteiger charge is -2.34. The molecule has 2 bridgehead atoms. The molecule has 5 aliphatic rings. The lowest BCUT2D eigenvalue weighted by atomic mass is 9.70. The van der Waals surface area contributed by atoms with E-state index in [1.807, 2.05) is 19.1 Å². The van der Waals surface area contributed by atoms with E-state index in [2.05, 4.69) is 10.6 Å². The Morgan fingerprint density at radius 1 is 1.11 bits per heavy atom. The fraction of sp³-hybridized carbons (Fsp3) is 0.762. The first-order chi connectivity index (χ1) is 13.4. The van der Waals surface area contributed by atoms with Crippen molar-refractivity contribution in [2.45, 2.75) is 81.2 Å². The Hall–Kier alpha value is -1.89. The van der Waals surface area contributed by atoms with E-state index in [0.717, 1.165) is 38.5 Å². The number of fused-ring (bicyclic) bond motifs is 1. The number of rotatable bonds is 4. The molecule has 1 spiro atoms. The van der Waals surface area contributed by atoms with E-state index in [0.29, 0.717) is 0 Å². The number of carbonyl (C=O) groups is 3. The number of nitrogens with zero attached hydrogens (tertiary/aromatic N) is 1. The van der Waals surface area contributed by atoms with Crippen molar-refractivity contribution < 1.29 is 19.1 Å². The van der Waals surface area contributed by atoms with Crippen LogP contribution in [0.5, 0.6) is 0 Å². The van der Waals surface area contributed by atoms with E-state index < -0.39 is 29.1 Å². The van der Waals surface area contributed by atoms with Gasteiger partial charge in [-0.3, -0.25) is 14.4 Å². The number of hydrogen-bond acceptors (Lipinski definition) is 4. The van der Waals surface area contributed by atoms with Crippen molar-refractivity contribution in [3.8, 4) is 0 Å². The molecular weight excluding hydrogens is 358 g/mol. The van der Waals surface area contributed by atoms with Crippen molar-refractivity contribution >= 4 is 17.7 Å². The summed E-state index contributed by atoms with van der Waals surface area (Å²) in [6, 6.07) is -0.434. The van der Waals surface area contributed by atoms with Crippen LogP contribution in [-0.4, -0.2) is 59.0 Å². The van der Waals surface area contributed by atoms with Crippen LogP contribution in [0.3, 0.4) is 0 Å². The van der Waals surface area contributed by atoms with Crippen molar-refractivity contribution in [2.75, 3.05) is 7.05 Å². The van der Waals surface area contributed by atoms with Crippen molar-refractivity contribution in [3.63, 3.8) is 0 Å².